The molecule has 0 spiro atoms. The van der Waals surface area contributed by atoms with Crippen molar-refractivity contribution in [1.82, 2.24) is 24.7 Å². The van der Waals surface area contributed by atoms with Crippen molar-refractivity contribution in [3.8, 4) is 11.4 Å². The Hall–Kier alpha value is -3.96. The molecule has 3 heterocycles. The van der Waals surface area contributed by atoms with E-state index in [1.165, 1.54) is 30.2 Å². The number of hydrogen-bond acceptors (Lipinski definition) is 7. The van der Waals surface area contributed by atoms with Gasteiger partial charge in [0.05, 0.1) is 41.6 Å². The molecule has 3 aromatic rings. The second kappa shape index (κ2) is 8.88. The number of anilines is 2. The Kier molecular flexibility index (Phi) is 5.99. The summed E-state index contributed by atoms with van der Waals surface area (Å²) < 4.78 is 33.7. The second-order valence-corrected chi connectivity index (χ2v) is 7.84. The van der Waals surface area contributed by atoms with Gasteiger partial charge in [0.1, 0.15) is 17.7 Å². The van der Waals surface area contributed by atoms with E-state index in [2.05, 4.69) is 30.7 Å². The molecule has 0 aliphatic heterocycles. The zero-order chi connectivity index (χ0) is 23.7. The normalized spacial score (nSPS) is 17.8. The standard InChI is InChI=1S/C21H21F2N7O3/c1-10-4-14(10)20(31)28-13-7-25-18(26-8-13)16-9-27-30(3)19(16)29-21(32)33-11(2)15-5-12(22)6-24-17(15)23/h5-11,14H,4H2,1-3H3,(H,28,31)(H,29,32)/t10-,11-,14-/m1/s1. The molecule has 1 fully saturated rings. The van der Waals surface area contributed by atoms with E-state index in [1.807, 2.05) is 6.92 Å². The Balaban J connectivity index is 1.44. The van der Waals surface area contributed by atoms with Crippen molar-refractivity contribution >= 4 is 23.5 Å². The summed E-state index contributed by atoms with van der Waals surface area (Å²) in [6.07, 6.45) is 3.96. The van der Waals surface area contributed by atoms with Crippen LogP contribution in [0.15, 0.2) is 30.9 Å². The lowest BCUT2D eigenvalue weighted by Crippen LogP contribution is -2.19. The number of pyridine rings is 1. The molecule has 2 amide bonds. The Labute approximate surface area is 187 Å². The maximum absolute atomic E-state index is 13.8. The van der Waals surface area contributed by atoms with Crippen molar-refractivity contribution in [3.63, 3.8) is 0 Å². The number of halogens is 2. The van der Waals surface area contributed by atoms with Crippen LogP contribution >= 0.6 is 0 Å². The van der Waals surface area contributed by atoms with Gasteiger partial charge in [0, 0.05) is 13.0 Å². The molecule has 10 nitrogen and oxygen atoms in total. The third-order valence-corrected chi connectivity index (χ3v) is 5.32. The van der Waals surface area contributed by atoms with Crippen LogP contribution in [-0.4, -0.2) is 36.7 Å². The highest BCUT2D eigenvalue weighted by atomic mass is 19.1. The van der Waals surface area contributed by atoms with Gasteiger partial charge in [-0.2, -0.15) is 9.49 Å². The molecule has 2 N–H and O–H groups in total. The lowest BCUT2D eigenvalue weighted by molar-refractivity contribution is -0.117. The second-order valence-electron chi connectivity index (χ2n) is 7.84. The molecule has 1 saturated carbocycles. The summed E-state index contributed by atoms with van der Waals surface area (Å²) in [6, 6.07) is 0.911. The lowest BCUT2D eigenvalue weighted by atomic mass is 10.2. The van der Waals surface area contributed by atoms with Gasteiger partial charge in [-0.3, -0.25) is 14.8 Å². The average molecular weight is 457 g/mol. The molecule has 0 radical (unpaired) electrons. The third kappa shape index (κ3) is 4.94. The van der Waals surface area contributed by atoms with Crippen LogP contribution in [0.4, 0.5) is 25.1 Å². The molecule has 3 aromatic heterocycles. The fourth-order valence-electron chi connectivity index (χ4n) is 3.28. The zero-order valence-electron chi connectivity index (χ0n) is 18.0. The van der Waals surface area contributed by atoms with Crippen LogP contribution in [0.5, 0.6) is 0 Å². The number of carbonyl (C=O) groups excluding carboxylic acids is 2. The van der Waals surface area contributed by atoms with E-state index >= 15 is 0 Å². The number of aromatic nitrogens is 5. The monoisotopic (exact) mass is 457 g/mol. The zero-order valence-corrected chi connectivity index (χ0v) is 18.0. The van der Waals surface area contributed by atoms with Gasteiger partial charge < -0.3 is 10.1 Å². The Morgan fingerprint density at radius 2 is 1.85 bits per heavy atom. The summed E-state index contributed by atoms with van der Waals surface area (Å²) in [7, 11) is 1.59. The van der Waals surface area contributed by atoms with Crippen LogP contribution in [0.1, 0.15) is 31.9 Å². The average Bonchev–Trinajstić information content (AvgIpc) is 3.41. The van der Waals surface area contributed by atoms with Crippen LogP contribution in [0.25, 0.3) is 11.4 Å². The highest BCUT2D eigenvalue weighted by Gasteiger charge is 2.39. The van der Waals surface area contributed by atoms with E-state index in [-0.39, 0.29) is 29.0 Å². The minimum Gasteiger partial charge on any atom is -0.441 e. The van der Waals surface area contributed by atoms with Gasteiger partial charge in [-0.25, -0.2) is 24.1 Å². The third-order valence-electron chi connectivity index (χ3n) is 5.32. The van der Waals surface area contributed by atoms with Gasteiger partial charge >= 0.3 is 6.09 Å². The van der Waals surface area contributed by atoms with Crippen LogP contribution < -0.4 is 10.6 Å². The van der Waals surface area contributed by atoms with E-state index < -0.39 is 24.0 Å². The molecule has 1 aliphatic rings. The molecule has 4 rings (SSSR count). The van der Waals surface area contributed by atoms with Crippen molar-refractivity contribution in [2.75, 3.05) is 10.6 Å². The molecule has 0 saturated heterocycles. The summed E-state index contributed by atoms with van der Waals surface area (Å²) >= 11 is 0. The molecule has 1 aliphatic carbocycles. The van der Waals surface area contributed by atoms with Crippen molar-refractivity contribution in [3.05, 3.63) is 48.2 Å². The summed E-state index contributed by atoms with van der Waals surface area (Å²) in [5.74, 6) is -0.869. The molecule has 0 bridgehead atoms. The maximum atomic E-state index is 13.8. The molecular formula is C21H21F2N7O3. The van der Waals surface area contributed by atoms with Crippen LogP contribution in [-0.2, 0) is 16.6 Å². The van der Waals surface area contributed by atoms with Crippen LogP contribution in [0.3, 0.4) is 0 Å². The largest absolute Gasteiger partial charge is 0.441 e. The van der Waals surface area contributed by atoms with Crippen LogP contribution in [0, 0.1) is 23.6 Å². The fourth-order valence-corrected chi connectivity index (χ4v) is 3.28. The van der Waals surface area contributed by atoms with E-state index in [0.717, 1.165) is 18.7 Å². The summed E-state index contributed by atoms with van der Waals surface area (Å²) in [5, 5.41) is 9.39. The highest BCUT2D eigenvalue weighted by Crippen LogP contribution is 2.38. The van der Waals surface area contributed by atoms with Crippen molar-refractivity contribution in [1.29, 1.82) is 0 Å². The summed E-state index contributed by atoms with van der Waals surface area (Å²) in [5.41, 5.74) is 0.659. The van der Waals surface area contributed by atoms with Gasteiger partial charge in [-0.15, -0.1) is 0 Å². The van der Waals surface area contributed by atoms with Gasteiger partial charge in [0.15, 0.2) is 5.82 Å². The van der Waals surface area contributed by atoms with Crippen molar-refractivity contribution < 1.29 is 23.1 Å². The molecule has 0 unspecified atom stereocenters. The summed E-state index contributed by atoms with van der Waals surface area (Å²) in [4.78, 5) is 36.2. The number of aryl methyl sites for hydroxylation is 1. The van der Waals surface area contributed by atoms with Crippen LogP contribution in [0.2, 0.25) is 0 Å². The first kappa shape index (κ1) is 22.2. The number of hydrogen-bond donors (Lipinski definition) is 2. The topological polar surface area (TPSA) is 124 Å². The number of ether oxygens (including phenoxy) is 1. The minimum atomic E-state index is -1.10. The number of carbonyl (C=O) groups is 2. The number of rotatable bonds is 6. The highest BCUT2D eigenvalue weighted by molar-refractivity contribution is 5.94. The summed E-state index contributed by atoms with van der Waals surface area (Å²) in [6.45, 7) is 3.40. The lowest BCUT2D eigenvalue weighted by Gasteiger charge is -2.15. The van der Waals surface area contributed by atoms with Gasteiger partial charge in [0.25, 0.3) is 0 Å². The predicted octanol–water partition coefficient (Wildman–Crippen LogP) is 3.45. The van der Waals surface area contributed by atoms with E-state index in [4.69, 9.17) is 4.74 Å². The Bertz CT molecular complexity index is 1200. The predicted molar refractivity (Wildman–Crippen MR) is 113 cm³/mol. The quantitative estimate of drug-likeness (QED) is 0.543. The molecule has 172 valence electrons. The van der Waals surface area contributed by atoms with Crippen molar-refractivity contribution in [2.45, 2.75) is 26.4 Å². The smallest absolute Gasteiger partial charge is 0.413 e. The number of amides is 2. The first-order valence-electron chi connectivity index (χ1n) is 10.2. The first-order chi connectivity index (χ1) is 15.7. The van der Waals surface area contributed by atoms with E-state index in [1.54, 1.807) is 7.05 Å². The minimum absolute atomic E-state index is 0.0174. The Morgan fingerprint density at radius 1 is 1.15 bits per heavy atom. The Morgan fingerprint density at radius 3 is 2.52 bits per heavy atom. The fraction of sp³-hybridized carbons (Fsp3) is 0.333. The van der Waals surface area contributed by atoms with Gasteiger partial charge in [-0.1, -0.05) is 6.92 Å². The molecule has 3 atom stereocenters. The molecule has 0 aromatic carbocycles. The van der Waals surface area contributed by atoms with Crippen molar-refractivity contribution in [2.24, 2.45) is 18.9 Å². The molecule has 12 heteroatoms. The number of nitrogens with one attached hydrogen (secondary N) is 2. The van der Waals surface area contributed by atoms with Gasteiger partial charge in [-0.05, 0) is 25.3 Å². The van der Waals surface area contributed by atoms with Gasteiger partial charge in [0.2, 0.25) is 11.9 Å². The van der Waals surface area contributed by atoms with E-state index in [0.29, 0.717) is 17.2 Å². The molecular weight excluding hydrogens is 436 g/mol. The molecule has 33 heavy (non-hydrogen) atoms. The first-order valence-corrected chi connectivity index (χ1v) is 10.2. The van der Waals surface area contributed by atoms with E-state index in [9.17, 15) is 18.4 Å². The maximum Gasteiger partial charge on any atom is 0.413 e. The number of nitrogens with zero attached hydrogens (tertiary/aromatic N) is 5. The SMILES string of the molecule is C[C@@H]1C[C@H]1C(=O)Nc1cnc(-c2cnn(C)c2NC(=O)O[C@H](C)c2cc(F)cnc2F)nc1.